The molecule has 17 heavy (non-hydrogen) atoms. The third-order valence-corrected chi connectivity index (χ3v) is 3.87. The van der Waals surface area contributed by atoms with Gasteiger partial charge >= 0.3 is 0 Å². The summed E-state index contributed by atoms with van der Waals surface area (Å²) in [7, 11) is 0. The van der Waals surface area contributed by atoms with Crippen LogP contribution in [-0.4, -0.2) is 26.4 Å². The van der Waals surface area contributed by atoms with Gasteiger partial charge in [-0.1, -0.05) is 38.5 Å². The van der Waals surface area contributed by atoms with E-state index in [0.717, 1.165) is 28.6 Å². The van der Waals surface area contributed by atoms with Crippen molar-refractivity contribution in [2.75, 3.05) is 6.54 Å². The van der Waals surface area contributed by atoms with E-state index in [1.54, 1.807) is 11.3 Å². The Kier molecular flexibility index (Phi) is 3.73. The van der Waals surface area contributed by atoms with Crippen LogP contribution in [0.3, 0.4) is 0 Å². The molecule has 0 radical (unpaired) electrons. The van der Waals surface area contributed by atoms with Crippen LogP contribution < -0.4 is 5.73 Å². The molecule has 0 aliphatic heterocycles. The van der Waals surface area contributed by atoms with E-state index in [2.05, 4.69) is 36.1 Å². The van der Waals surface area contributed by atoms with Gasteiger partial charge in [0.2, 0.25) is 4.96 Å². The summed E-state index contributed by atoms with van der Waals surface area (Å²) in [6.45, 7) is 7.08. The summed E-state index contributed by atoms with van der Waals surface area (Å²) in [5.41, 5.74) is 5.72. The standard InChI is InChI=1S/C11H19N5S/c1-4-8(6-12)5-9-15-16-10(7(2)3)13-14-11(16)17-9/h7-8H,4-6,12H2,1-3H3. The van der Waals surface area contributed by atoms with Gasteiger partial charge in [0.15, 0.2) is 5.82 Å². The van der Waals surface area contributed by atoms with Crippen molar-refractivity contribution in [1.29, 1.82) is 0 Å². The van der Waals surface area contributed by atoms with Crippen LogP contribution in [0.1, 0.15) is 43.9 Å². The van der Waals surface area contributed by atoms with Crippen LogP contribution >= 0.6 is 11.3 Å². The van der Waals surface area contributed by atoms with E-state index in [1.165, 1.54) is 0 Å². The molecule has 1 atom stereocenters. The average Bonchev–Trinajstić information content (AvgIpc) is 2.84. The minimum atomic E-state index is 0.344. The van der Waals surface area contributed by atoms with Gasteiger partial charge in [0.05, 0.1) is 0 Å². The molecule has 6 heteroatoms. The summed E-state index contributed by atoms with van der Waals surface area (Å²) in [4.78, 5) is 0.885. The Bertz CT molecular complexity index is 483. The first-order valence-electron chi connectivity index (χ1n) is 6.06. The highest BCUT2D eigenvalue weighted by Gasteiger charge is 2.15. The topological polar surface area (TPSA) is 69.1 Å². The van der Waals surface area contributed by atoms with E-state index in [9.17, 15) is 0 Å². The Morgan fingerprint density at radius 2 is 2.12 bits per heavy atom. The Hall–Kier alpha value is -1.01. The Balaban J connectivity index is 2.26. The fraction of sp³-hybridized carbons (Fsp3) is 0.727. The Labute approximate surface area is 105 Å². The van der Waals surface area contributed by atoms with Gasteiger partial charge in [-0.05, 0) is 12.5 Å². The van der Waals surface area contributed by atoms with Gasteiger partial charge in [-0.15, -0.1) is 10.2 Å². The molecule has 0 bridgehead atoms. The fourth-order valence-electron chi connectivity index (χ4n) is 1.76. The third kappa shape index (κ3) is 2.47. The second kappa shape index (κ2) is 5.10. The van der Waals surface area contributed by atoms with Crippen LogP contribution in [0.5, 0.6) is 0 Å². The fourth-order valence-corrected chi connectivity index (χ4v) is 2.71. The normalized spacial score (nSPS) is 13.7. The van der Waals surface area contributed by atoms with Crippen LogP contribution in [0.15, 0.2) is 0 Å². The monoisotopic (exact) mass is 253 g/mol. The first-order valence-corrected chi connectivity index (χ1v) is 6.88. The molecule has 0 amide bonds. The van der Waals surface area contributed by atoms with Gasteiger partial charge < -0.3 is 5.73 Å². The molecule has 94 valence electrons. The van der Waals surface area contributed by atoms with E-state index < -0.39 is 0 Å². The van der Waals surface area contributed by atoms with Gasteiger partial charge in [-0.25, -0.2) is 0 Å². The Morgan fingerprint density at radius 3 is 2.71 bits per heavy atom. The highest BCUT2D eigenvalue weighted by atomic mass is 32.1. The maximum Gasteiger partial charge on any atom is 0.234 e. The van der Waals surface area contributed by atoms with E-state index in [1.807, 2.05) is 4.52 Å². The summed E-state index contributed by atoms with van der Waals surface area (Å²) in [5.74, 6) is 1.79. The van der Waals surface area contributed by atoms with Crippen molar-refractivity contribution in [3.05, 3.63) is 10.8 Å². The predicted molar refractivity (Wildman–Crippen MR) is 69.3 cm³/mol. The van der Waals surface area contributed by atoms with Crippen LogP contribution in [0.4, 0.5) is 0 Å². The summed E-state index contributed by atoms with van der Waals surface area (Å²) < 4.78 is 1.87. The van der Waals surface area contributed by atoms with Gasteiger partial charge in [0, 0.05) is 12.3 Å². The van der Waals surface area contributed by atoms with Crippen molar-refractivity contribution < 1.29 is 0 Å². The SMILES string of the molecule is CCC(CN)Cc1nn2c(C(C)C)nnc2s1. The number of hydrogen-bond donors (Lipinski definition) is 1. The highest BCUT2D eigenvalue weighted by Crippen LogP contribution is 2.21. The number of rotatable bonds is 5. The molecule has 2 rings (SSSR count). The molecule has 2 aromatic rings. The molecule has 0 saturated heterocycles. The maximum absolute atomic E-state index is 5.72. The molecular weight excluding hydrogens is 234 g/mol. The van der Waals surface area contributed by atoms with Gasteiger partial charge in [-0.2, -0.15) is 9.61 Å². The molecule has 0 aliphatic carbocycles. The largest absolute Gasteiger partial charge is 0.330 e. The zero-order valence-electron chi connectivity index (χ0n) is 10.6. The van der Waals surface area contributed by atoms with Crippen molar-refractivity contribution in [2.45, 2.75) is 39.5 Å². The summed E-state index contributed by atoms with van der Waals surface area (Å²) in [6, 6.07) is 0. The minimum Gasteiger partial charge on any atom is -0.330 e. The van der Waals surface area contributed by atoms with Crippen LogP contribution in [0, 0.1) is 5.92 Å². The number of nitrogens with zero attached hydrogens (tertiary/aromatic N) is 4. The summed E-state index contributed by atoms with van der Waals surface area (Å²) in [5, 5.41) is 14.0. The lowest BCUT2D eigenvalue weighted by Crippen LogP contribution is -2.16. The lowest BCUT2D eigenvalue weighted by molar-refractivity contribution is 0.514. The zero-order valence-corrected chi connectivity index (χ0v) is 11.4. The van der Waals surface area contributed by atoms with Crippen LogP contribution in [0.2, 0.25) is 0 Å². The van der Waals surface area contributed by atoms with Crippen molar-refractivity contribution in [3.8, 4) is 0 Å². The quantitative estimate of drug-likeness (QED) is 0.882. The van der Waals surface area contributed by atoms with Gasteiger partial charge in [-0.3, -0.25) is 0 Å². The van der Waals surface area contributed by atoms with Crippen molar-refractivity contribution in [3.63, 3.8) is 0 Å². The molecule has 0 aromatic carbocycles. The molecule has 0 spiro atoms. The van der Waals surface area contributed by atoms with Gasteiger partial charge in [0.25, 0.3) is 0 Å². The maximum atomic E-state index is 5.72. The Morgan fingerprint density at radius 1 is 1.35 bits per heavy atom. The van der Waals surface area contributed by atoms with E-state index >= 15 is 0 Å². The molecule has 5 nitrogen and oxygen atoms in total. The number of fused-ring (bicyclic) bond motifs is 1. The van der Waals surface area contributed by atoms with E-state index in [4.69, 9.17) is 5.73 Å². The van der Waals surface area contributed by atoms with Crippen LogP contribution in [0.25, 0.3) is 4.96 Å². The first-order chi connectivity index (χ1) is 8.15. The van der Waals surface area contributed by atoms with Crippen molar-refractivity contribution >= 4 is 16.3 Å². The van der Waals surface area contributed by atoms with Gasteiger partial charge in [0.1, 0.15) is 5.01 Å². The molecule has 0 fully saturated rings. The number of aromatic nitrogens is 4. The van der Waals surface area contributed by atoms with Crippen molar-refractivity contribution in [1.82, 2.24) is 19.8 Å². The predicted octanol–water partition coefficient (Wildman–Crippen LogP) is 1.84. The molecule has 0 aliphatic rings. The second-order valence-electron chi connectivity index (χ2n) is 4.62. The minimum absolute atomic E-state index is 0.344. The molecule has 0 saturated carbocycles. The zero-order chi connectivity index (χ0) is 12.4. The third-order valence-electron chi connectivity index (χ3n) is 2.95. The number of nitrogens with two attached hydrogens (primary N) is 1. The first kappa shape index (κ1) is 12.4. The molecule has 2 aromatic heterocycles. The molecule has 2 heterocycles. The summed E-state index contributed by atoms with van der Waals surface area (Å²) >= 11 is 1.62. The average molecular weight is 253 g/mol. The lowest BCUT2D eigenvalue weighted by atomic mass is 10.0. The highest BCUT2D eigenvalue weighted by molar-refractivity contribution is 7.16. The molecular formula is C11H19N5S. The number of hydrogen-bond acceptors (Lipinski definition) is 5. The van der Waals surface area contributed by atoms with E-state index in [0.29, 0.717) is 18.4 Å². The summed E-state index contributed by atoms with van der Waals surface area (Å²) in [6.07, 6.45) is 2.03. The molecule has 1 unspecified atom stereocenters. The van der Waals surface area contributed by atoms with Crippen LogP contribution in [-0.2, 0) is 6.42 Å². The second-order valence-corrected chi connectivity index (χ2v) is 5.66. The smallest absolute Gasteiger partial charge is 0.234 e. The van der Waals surface area contributed by atoms with Crippen molar-refractivity contribution in [2.24, 2.45) is 11.7 Å². The molecule has 2 N–H and O–H groups in total. The van der Waals surface area contributed by atoms with E-state index in [-0.39, 0.29) is 0 Å². The lowest BCUT2D eigenvalue weighted by Gasteiger charge is -2.08.